The lowest BCUT2D eigenvalue weighted by Gasteiger charge is -2.12. The van der Waals surface area contributed by atoms with Gasteiger partial charge in [-0.05, 0) is 12.3 Å². The summed E-state index contributed by atoms with van der Waals surface area (Å²) in [5, 5.41) is 9.61. The molecule has 13 heavy (non-hydrogen) atoms. The Morgan fingerprint density at radius 1 is 1.46 bits per heavy atom. The van der Waals surface area contributed by atoms with Crippen LogP contribution >= 0.6 is 0 Å². The molecule has 0 aromatic heterocycles. The van der Waals surface area contributed by atoms with Crippen LogP contribution in [0.15, 0.2) is 12.7 Å². The van der Waals surface area contributed by atoms with Crippen molar-refractivity contribution in [2.75, 3.05) is 0 Å². The third-order valence-electron chi connectivity index (χ3n) is 1.67. The number of aliphatic hydroxyl groups excluding tert-OH is 1. The average Bonchev–Trinajstić information content (AvgIpc) is 1.99. The Balaban J connectivity index is 4.18. The summed E-state index contributed by atoms with van der Waals surface area (Å²) in [5.74, 6) is 3.12. The number of rotatable bonds is 3. The van der Waals surface area contributed by atoms with Crippen molar-refractivity contribution in [1.29, 1.82) is 0 Å². The van der Waals surface area contributed by atoms with Crippen molar-refractivity contribution < 1.29 is 5.11 Å². The molecule has 0 unspecified atom stereocenters. The minimum Gasteiger partial charge on any atom is -0.380 e. The first kappa shape index (κ1) is 12.5. The zero-order chi connectivity index (χ0) is 10.5. The molecule has 0 heterocycles. The van der Waals surface area contributed by atoms with Gasteiger partial charge in [0.25, 0.3) is 0 Å². The molecule has 0 aliphatic carbocycles. The summed E-state index contributed by atoms with van der Waals surface area (Å²) in [4.78, 5) is 0. The molecular weight excluding hydrogens is 176 g/mol. The Kier molecular flexibility index (Phi) is 5.05. The Morgan fingerprint density at radius 3 is 2.38 bits per heavy atom. The van der Waals surface area contributed by atoms with Crippen LogP contribution in [0.1, 0.15) is 13.3 Å². The van der Waals surface area contributed by atoms with Gasteiger partial charge < -0.3 is 5.11 Å². The van der Waals surface area contributed by atoms with Crippen LogP contribution in [0.4, 0.5) is 0 Å². The molecule has 0 aromatic rings. The molecule has 0 aliphatic rings. The molecule has 0 radical (unpaired) electrons. The van der Waals surface area contributed by atoms with Crippen molar-refractivity contribution in [2.24, 2.45) is 5.92 Å². The van der Waals surface area contributed by atoms with Crippen LogP contribution in [0.3, 0.4) is 0 Å². The fraction of sp³-hybridized carbons (Fsp3) is 0.636. The second-order valence-corrected chi connectivity index (χ2v) is 9.22. The summed E-state index contributed by atoms with van der Waals surface area (Å²) in [7, 11) is -1.34. The number of hydrogen-bond donors (Lipinski definition) is 1. The molecule has 0 aliphatic heterocycles. The largest absolute Gasteiger partial charge is 0.380 e. The lowest BCUT2D eigenvalue weighted by Crippen LogP contribution is -2.20. The van der Waals surface area contributed by atoms with Gasteiger partial charge in [-0.3, -0.25) is 0 Å². The zero-order valence-electron chi connectivity index (χ0n) is 9.09. The molecule has 0 spiro atoms. The van der Waals surface area contributed by atoms with E-state index in [1.807, 2.05) is 13.0 Å². The second-order valence-electron chi connectivity index (χ2n) is 4.47. The summed E-state index contributed by atoms with van der Waals surface area (Å²) in [6.45, 7) is 12.1. The minimum atomic E-state index is -1.34. The highest BCUT2D eigenvalue weighted by Gasteiger charge is 2.12. The van der Waals surface area contributed by atoms with Crippen molar-refractivity contribution in [1.82, 2.24) is 0 Å². The minimum absolute atomic E-state index is 0.196. The Morgan fingerprint density at radius 2 is 2.00 bits per heavy atom. The van der Waals surface area contributed by atoms with Crippen molar-refractivity contribution in [2.45, 2.75) is 39.1 Å². The highest BCUT2D eigenvalue weighted by atomic mass is 28.3. The molecule has 0 amide bonds. The smallest absolute Gasteiger partial charge is 0.129 e. The Labute approximate surface area is 82.9 Å². The standard InChI is InChI=1S/C11H20OSi/c1-6-7-10(2)11(12)8-9-13(3,4)5/h6,10-12H,1,7H2,2-5H3/t10-,11-/m1/s1. The third kappa shape index (κ3) is 6.62. The number of allylic oxidation sites excluding steroid dienone is 1. The van der Waals surface area contributed by atoms with Crippen molar-refractivity contribution >= 4 is 8.07 Å². The quantitative estimate of drug-likeness (QED) is 0.417. The molecule has 0 rings (SSSR count). The van der Waals surface area contributed by atoms with Gasteiger partial charge >= 0.3 is 0 Å². The molecule has 2 heteroatoms. The van der Waals surface area contributed by atoms with Gasteiger partial charge in [0.2, 0.25) is 0 Å². The van der Waals surface area contributed by atoms with E-state index in [-0.39, 0.29) is 5.92 Å². The number of aliphatic hydroxyl groups is 1. The van der Waals surface area contributed by atoms with E-state index in [1.54, 1.807) is 0 Å². The molecule has 1 N–H and O–H groups in total. The van der Waals surface area contributed by atoms with Crippen LogP contribution in [-0.2, 0) is 0 Å². The van der Waals surface area contributed by atoms with Crippen LogP contribution in [0.5, 0.6) is 0 Å². The van der Waals surface area contributed by atoms with E-state index in [1.165, 1.54) is 0 Å². The first-order valence-corrected chi connectivity index (χ1v) is 8.18. The predicted molar refractivity (Wildman–Crippen MR) is 61.1 cm³/mol. The van der Waals surface area contributed by atoms with Gasteiger partial charge in [-0.25, -0.2) is 0 Å². The zero-order valence-corrected chi connectivity index (χ0v) is 10.1. The fourth-order valence-electron chi connectivity index (χ4n) is 0.824. The molecule has 0 saturated heterocycles. The van der Waals surface area contributed by atoms with Gasteiger partial charge in [-0.15, -0.1) is 12.1 Å². The first-order valence-electron chi connectivity index (χ1n) is 4.68. The predicted octanol–water partition coefficient (Wildman–Crippen LogP) is 2.44. The Bertz CT molecular complexity index is 216. The third-order valence-corrected chi connectivity index (χ3v) is 2.57. The topological polar surface area (TPSA) is 20.2 Å². The molecule has 0 bridgehead atoms. The molecule has 0 aromatic carbocycles. The highest BCUT2D eigenvalue weighted by molar-refractivity contribution is 6.83. The highest BCUT2D eigenvalue weighted by Crippen LogP contribution is 2.08. The normalized spacial score (nSPS) is 15.5. The number of hydrogen-bond acceptors (Lipinski definition) is 1. The van der Waals surface area contributed by atoms with Crippen LogP contribution < -0.4 is 0 Å². The van der Waals surface area contributed by atoms with Crippen LogP contribution in [0.2, 0.25) is 19.6 Å². The molecule has 0 fully saturated rings. The monoisotopic (exact) mass is 196 g/mol. The molecular formula is C11H20OSi. The fourth-order valence-corrected chi connectivity index (χ4v) is 1.41. The van der Waals surface area contributed by atoms with E-state index < -0.39 is 14.2 Å². The van der Waals surface area contributed by atoms with E-state index in [0.29, 0.717) is 0 Å². The summed E-state index contributed by atoms with van der Waals surface area (Å²) >= 11 is 0. The first-order chi connectivity index (χ1) is 5.87. The van der Waals surface area contributed by atoms with Crippen LogP contribution in [0, 0.1) is 17.4 Å². The maximum Gasteiger partial charge on any atom is 0.129 e. The van der Waals surface area contributed by atoms with Crippen molar-refractivity contribution in [3.05, 3.63) is 12.7 Å². The SMILES string of the molecule is C=CC[C@@H](C)[C@H](O)C#C[Si](C)(C)C. The van der Waals surface area contributed by atoms with E-state index in [4.69, 9.17) is 0 Å². The molecule has 1 nitrogen and oxygen atoms in total. The maximum absolute atomic E-state index is 9.61. The van der Waals surface area contributed by atoms with Crippen LogP contribution in [-0.4, -0.2) is 19.3 Å². The summed E-state index contributed by atoms with van der Waals surface area (Å²) in [6, 6.07) is 0. The van der Waals surface area contributed by atoms with E-state index in [2.05, 4.69) is 37.7 Å². The Hall–Kier alpha value is -0.523. The van der Waals surface area contributed by atoms with E-state index >= 15 is 0 Å². The van der Waals surface area contributed by atoms with Gasteiger partial charge in [0.15, 0.2) is 0 Å². The molecule has 2 atom stereocenters. The summed E-state index contributed by atoms with van der Waals surface area (Å²) in [6.07, 6.45) is 2.15. The van der Waals surface area contributed by atoms with Gasteiger partial charge in [0.1, 0.15) is 14.2 Å². The molecule has 74 valence electrons. The van der Waals surface area contributed by atoms with Crippen molar-refractivity contribution in [3.63, 3.8) is 0 Å². The average molecular weight is 196 g/mol. The van der Waals surface area contributed by atoms with Gasteiger partial charge in [-0.1, -0.05) is 38.6 Å². The van der Waals surface area contributed by atoms with E-state index in [0.717, 1.165) is 6.42 Å². The summed E-state index contributed by atoms with van der Waals surface area (Å²) in [5.41, 5.74) is 3.17. The summed E-state index contributed by atoms with van der Waals surface area (Å²) < 4.78 is 0. The van der Waals surface area contributed by atoms with Crippen LogP contribution in [0.25, 0.3) is 0 Å². The van der Waals surface area contributed by atoms with E-state index in [9.17, 15) is 5.11 Å². The lowest BCUT2D eigenvalue weighted by molar-refractivity contribution is 0.173. The van der Waals surface area contributed by atoms with Gasteiger partial charge in [0, 0.05) is 0 Å². The lowest BCUT2D eigenvalue weighted by atomic mass is 10.0. The maximum atomic E-state index is 9.61. The molecule has 0 saturated carbocycles. The second kappa shape index (κ2) is 5.26. The van der Waals surface area contributed by atoms with Crippen molar-refractivity contribution in [3.8, 4) is 11.5 Å². The van der Waals surface area contributed by atoms with Gasteiger partial charge in [-0.2, -0.15) is 0 Å². The van der Waals surface area contributed by atoms with Gasteiger partial charge in [0.05, 0.1) is 0 Å².